The van der Waals surface area contributed by atoms with E-state index in [1.54, 1.807) is 36.0 Å². The fourth-order valence-electron chi connectivity index (χ4n) is 5.08. The van der Waals surface area contributed by atoms with Crippen molar-refractivity contribution in [1.29, 1.82) is 0 Å². The van der Waals surface area contributed by atoms with Gasteiger partial charge in [0.25, 0.3) is 0 Å². The molecule has 1 aliphatic heterocycles. The predicted molar refractivity (Wildman–Crippen MR) is 163 cm³/mol. The van der Waals surface area contributed by atoms with Gasteiger partial charge in [0.05, 0.1) is 36.6 Å². The number of carbonyl (C=O) groups excluding carboxylic acids is 3. The molecule has 9 heteroatoms. The molecule has 0 saturated carbocycles. The van der Waals surface area contributed by atoms with E-state index in [1.807, 2.05) is 49.7 Å². The van der Waals surface area contributed by atoms with Gasteiger partial charge in [-0.15, -0.1) is 0 Å². The fraction of sp³-hybridized carbons (Fsp3) is 0.212. The molecule has 1 unspecified atom stereocenters. The molecule has 1 amide bonds. The third kappa shape index (κ3) is 6.25. The van der Waals surface area contributed by atoms with Crippen molar-refractivity contribution in [3.63, 3.8) is 0 Å². The highest BCUT2D eigenvalue weighted by Gasteiger charge is 2.24. The number of hydrogen-bond acceptors (Lipinski definition) is 7. The predicted octanol–water partition coefficient (Wildman–Crippen LogP) is 5.18. The zero-order chi connectivity index (χ0) is 29.6. The van der Waals surface area contributed by atoms with Crippen molar-refractivity contribution in [2.45, 2.75) is 25.5 Å². The summed E-state index contributed by atoms with van der Waals surface area (Å²) in [6.45, 7) is 0.220. The van der Waals surface area contributed by atoms with Gasteiger partial charge in [0.1, 0.15) is 6.61 Å². The van der Waals surface area contributed by atoms with Crippen LogP contribution in [0.15, 0.2) is 77.9 Å². The molecule has 0 aliphatic carbocycles. The van der Waals surface area contributed by atoms with Crippen molar-refractivity contribution in [2.75, 3.05) is 24.4 Å². The van der Waals surface area contributed by atoms with Gasteiger partial charge in [-0.2, -0.15) is 0 Å². The number of rotatable bonds is 11. The molecule has 4 aromatic rings. The molecule has 2 heterocycles. The molecule has 1 N–H and O–H groups in total. The molecule has 1 aromatic heterocycles. The van der Waals surface area contributed by atoms with Crippen LogP contribution in [0.5, 0.6) is 11.5 Å². The maximum atomic E-state index is 12.6. The van der Waals surface area contributed by atoms with Crippen LogP contribution < -0.4 is 19.7 Å². The number of anilines is 2. The molecule has 0 fully saturated rings. The van der Waals surface area contributed by atoms with Gasteiger partial charge in [-0.3, -0.25) is 19.4 Å². The van der Waals surface area contributed by atoms with Crippen molar-refractivity contribution in [3.05, 3.63) is 101 Å². The highest BCUT2D eigenvalue weighted by atomic mass is 16.5. The van der Waals surface area contributed by atoms with Crippen LogP contribution in [-0.4, -0.2) is 49.5 Å². The number of nitrogens with one attached hydrogen (secondary N) is 1. The van der Waals surface area contributed by atoms with Gasteiger partial charge in [0.15, 0.2) is 24.1 Å². The highest BCUT2D eigenvalue weighted by molar-refractivity contribution is 5.93. The minimum Gasteiger partial charge on any atom is -0.493 e. The van der Waals surface area contributed by atoms with Crippen LogP contribution >= 0.6 is 0 Å². The summed E-state index contributed by atoms with van der Waals surface area (Å²) in [6.07, 6.45) is 6.06. The van der Waals surface area contributed by atoms with Crippen molar-refractivity contribution in [2.24, 2.45) is 12.0 Å². The number of aldehydes is 2. The van der Waals surface area contributed by atoms with Crippen molar-refractivity contribution in [3.8, 4) is 11.5 Å². The normalized spacial score (nSPS) is 14.1. The summed E-state index contributed by atoms with van der Waals surface area (Å²) in [7, 11) is 5.30. The van der Waals surface area contributed by atoms with Gasteiger partial charge in [-0.1, -0.05) is 42.5 Å². The van der Waals surface area contributed by atoms with Crippen LogP contribution in [0.2, 0.25) is 0 Å². The summed E-state index contributed by atoms with van der Waals surface area (Å²) in [4.78, 5) is 42.4. The number of aliphatic imine (C=N–C) groups is 1. The lowest BCUT2D eigenvalue weighted by molar-refractivity contribution is -0.115. The Kier molecular flexibility index (Phi) is 8.47. The molecule has 1 aliphatic rings. The maximum absolute atomic E-state index is 12.6. The molecule has 9 nitrogen and oxygen atoms in total. The van der Waals surface area contributed by atoms with E-state index >= 15 is 0 Å². The van der Waals surface area contributed by atoms with E-state index in [0.717, 1.165) is 30.1 Å². The zero-order valence-electron chi connectivity index (χ0n) is 23.7. The zero-order valence-corrected chi connectivity index (χ0v) is 23.7. The fourth-order valence-corrected chi connectivity index (χ4v) is 5.08. The molecule has 42 heavy (non-hydrogen) atoms. The van der Waals surface area contributed by atoms with Crippen LogP contribution in [0.25, 0.3) is 0 Å². The monoisotopic (exact) mass is 564 g/mol. The van der Waals surface area contributed by atoms with Gasteiger partial charge >= 0.3 is 0 Å². The molecular formula is C33H32N4O5. The number of amides is 1. The lowest BCUT2D eigenvalue weighted by Crippen LogP contribution is -2.28. The van der Waals surface area contributed by atoms with E-state index in [-0.39, 0.29) is 25.0 Å². The summed E-state index contributed by atoms with van der Waals surface area (Å²) < 4.78 is 13.3. The van der Waals surface area contributed by atoms with Crippen LogP contribution in [0, 0.1) is 0 Å². The van der Waals surface area contributed by atoms with Gasteiger partial charge in [-0.25, -0.2) is 0 Å². The molecule has 1 atom stereocenters. The molecule has 0 radical (unpaired) electrons. The smallest absolute Gasteiger partial charge is 0.228 e. The number of aromatic nitrogens is 1. The minimum atomic E-state index is -0.194. The Morgan fingerprint density at radius 1 is 1.00 bits per heavy atom. The number of fused-ring (bicyclic) bond motifs is 1. The Hall–Kier alpha value is -5.18. The minimum absolute atomic E-state index is 0.0715. The summed E-state index contributed by atoms with van der Waals surface area (Å²) in [5, 5.41) is 2.82. The highest BCUT2D eigenvalue weighted by Crippen LogP contribution is 2.36. The largest absolute Gasteiger partial charge is 0.493 e. The van der Waals surface area contributed by atoms with Gasteiger partial charge in [0, 0.05) is 43.8 Å². The second-order valence-corrected chi connectivity index (χ2v) is 10.2. The molecule has 214 valence electrons. The number of nitrogens with zero attached hydrogens (tertiary/aromatic N) is 3. The molecule has 0 saturated heterocycles. The maximum Gasteiger partial charge on any atom is 0.228 e. The number of hydrogen-bond donors (Lipinski definition) is 1. The Bertz CT molecular complexity index is 1660. The van der Waals surface area contributed by atoms with Crippen molar-refractivity contribution >= 4 is 41.8 Å². The van der Waals surface area contributed by atoms with E-state index in [0.29, 0.717) is 34.1 Å². The molecule has 0 spiro atoms. The average Bonchev–Trinajstić information content (AvgIpc) is 3.52. The van der Waals surface area contributed by atoms with Gasteiger partial charge < -0.3 is 24.3 Å². The lowest BCUT2D eigenvalue weighted by Gasteiger charge is -2.19. The summed E-state index contributed by atoms with van der Waals surface area (Å²) >= 11 is 0. The molecule has 0 bridgehead atoms. The number of ether oxygens (including phenoxy) is 2. The van der Waals surface area contributed by atoms with Gasteiger partial charge in [-0.05, 0) is 41.3 Å². The molecule has 5 rings (SSSR count). The number of carbonyl (C=O) groups is 3. The number of methoxy groups -OCH3 is 1. The number of para-hydroxylation sites is 1. The number of likely N-dealkylation sites (N-methyl/N-ethyl adjacent to an activating group) is 1. The van der Waals surface area contributed by atoms with E-state index in [1.165, 1.54) is 18.4 Å². The standard InChI is InChI=1S/C33H32N4O5/c1-36-18-26(15-28(36)20-39)35-33(40)12-22-7-6-8-23(11-22)21-42-32-16-29(25(19-38)14-31(32)41-3)34-17-27-13-24-9-4-5-10-30(24)37(27)2/h4-11,14-20,27H,12-13,21H2,1-3H3,(H,35,40). The van der Waals surface area contributed by atoms with Crippen LogP contribution in [0.4, 0.5) is 17.1 Å². The van der Waals surface area contributed by atoms with Crippen LogP contribution in [0.3, 0.4) is 0 Å². The van der Waals surface area contributed by atoms with Crippen molar-refractivity contribution < 1.29 is 23.9 Å². The second-order valence-electron chi connectivity index (χ2n) is 10.2. The second kappa shape index (κ2) is 12.6. The first kappa shape index (κ1) is 28.4. The van der Waals surface area contributed by atoms with E-state index in [4.69, 9.17) is 9.47 Å². The number of aryl methyl sites for hydroxylation is 1. The Balaban J connectivity index is 1.27. The van der Waals surface area contributed by atoms with Gasteiger partial charge in [0.2, 0.25) is 5.91 Å². The van der Waals surface area contributed by atoms with Crippen LogP contribution in [0.1, 0.15) is 37.5 Å². The molecule has 3 aromatic carbocycles. The van der Waals surface area contributed by atoms with Crippen molar-refractivity contribution in [1.82, 2.24) is 4.57 Å². The Morgan fingerprint density at radius 2 is 1.81 bits per heavy atom. The third-order valence-electron chi connectivity index (χ3n) is 7.32. The molecular weight excluding hydrogens is 532 g/mol. The lowest BCUT2D eigenvalue weighted by atomic mass is 10.1. The summed E-state index contributed by atoms with van der Waals surface area (Å²) in [5.41, 5.74) is 6.06. The summed E-state index contributed by atoms with van der Waals surface area (Å²) in [6, 6.07) is 20.9. The Labute approximate surface area is 244 Å². The SMILES string of the molecule is COc1cc(C=O)c(N=CC2Cc3ccccc3N2C)cc1OCc1cccc(CC(=O)Nc2cc(C=O)n(C)c2)c1. The third-order valence-corrected chi connectivity index (χ3v) is 7.32. The first-order valence-corrected chi connectivity index (χ1v) is 13.5. The topological polar surface area (TPSA) is 102 Å². The van der Waals surface area contributed by atoms with E-state index in [9.17, 15) is 14.4 Å². The van der Waals surface area contributed by atoms with Crippen LogP contribution in [-0.2, 0) is 31.3 Å². The Morgan fingerprint density at radius 3 is 2.55 bits per heavy atom. The first-order valence-electron chi connectivity index (χ1n) is 13.5. The average molecular weight is 565 g/mol. The summed E-state index contributed by atoms with van der Waals surface area (Å²) in [5.74, 6) is 0.687. The van der Waals surface area contributed by atoms with E-state index in [2.05, 4.69) is 27.3 Å². The first-order chi connectivity index (χ1) is 20.4. The van der Waals surface area contributed by atoms with E-state index < -0.39 is 0 Å². The number of benzene rings is 3. The quantitative estimate of drug-likeness (QED) is 0.199.